The van der Waals surface area contributed by atoms with Gasteiger partial charge in [0.2, 0.25) is 11.8 Å². The zero-order valence-electron chi connectivity index (χ0n) is 17.4. The number of hydrogen-bond acceptors (Lipinski definition) is 3. The van der Waals surface area contributed by atoms with E-state index in [1.807, 2.05) is 25.2 Å². The van der Waals surface area contributed by atoms with Gasteiger partial charge in [0.15, 0.2) is 0 Å². The van der Waals surface area contributed by atoms with Crippen LogP contribution in [-0.2, 0) is 16.1 Å². The fourth-order valence-corrected chi connectivity index (χ4v) is 3.82. The number of nitrogens with one attached hydrogen (secondary N) is 2. The molecular weight excluding hydrogens is 352 g/mol. The van der Waals surface area contributed by atoms with E-state index in [1.54, 1.807) is 4.90 Å². The van der Waals surface area contributed by atoms with Gasteiger partial charge in [0.25, 0.3) is 0 Å². The van der Waals surface area contributed by atoms with Gasteiger partial charge in [0.1, 0.15) is 0 Å². The highest BCUT2D eigenvalue weighted by Gasteiger charge is 2.32. The van der Waals surface area contributed by atoms with E-state index in [2.05, 4.69) is 42.0 Å². The van der Waals surface area contributed by atoms with Crippen molar-refractivity contribution in [3.63, 3.8) is 0 Å². The van der Waals surface area contributed by atoms with Crippen molar-refractivity contribution >= 4 is 22.7 Å². The molecule has 0 unspecified atom stereocenters. The molecule has 0 saturated carbocycles. The third-order valence-corrected chi connectivity index (χ3v) is 5.69. The first-order chi connectivity index (χ1) is 13.4. The quantitative estimate of drug-likeness (QED) is 0.771. The molecule has 1 aromatic heterocycles. The molecular formula is C22H32N4O2. The molecule has 2 heterocycles. The molecule has 0 spiro atoms. The normalized spacial score (nSPS) is 17.9. The van der Waals surface area contributed by atoms with Crippen molar-refractivity contribution in [2.45, 2.75) is 46.2 Å². The van der Waals surface area contributed by atoms with E-state index in [4.69, 9.17) is 0 Å². The van der Waals surface area contributed by atoms with Crippen molar-refractivity contribution in [1.29, 1.82) is 0 Å². The molecule has 1 aromatic carbocycles. The number of fused-ring (bicyclic) bond motifs is 1. The van der Waals surface area contributed by atoms with Crippen LogP contribution < -0.4 is 5.32 Å². The van der Waals surface area contributed by atoms with Crippen LogP contribution in [0.1, 0.15) is 37.9 Å². The number of hydrogen-bond donors (Lipinski definition) is 2. The molecule has 1 aliphatic heterocycles. The number of aromatic nitrogens is 1. The minimum absolute atomic E-state index is 0.00495. The van der Waals surface area contributed by atoms with Gasteiger partial charge in [0.05, 0.1) is 19.0 Å². The summed E-state index contributed by atoms with van der Waals surface area (Å²) in [6, 6.07) is 7.80. The van der Waals surface area contributed by atoms with Gasteiger partial charge in [-0.15, -0.1) is 0 Å². The molecule has 6 heteroatoms. The summed E-state index contributed by atoms with van der Waals surface area (Å²) in [6.07, 6.45) is 1.25. The molecule has 2 aromatic rings. The van der Waals surface area contributed by atoms with Crippen LogP contribution >= 0.6 is 0 Å². The number of carbonyl (C=O) groups is 2. The maximum Gasteiger partial charge on any atom is 0.237 e. The van der Waals surface area contributed by atoms with E-state index in [1.165, 1.54) is 10.9 Å². The second-order valence-corrected chi connectivity index (χ2v) is 8.25. The molecule has 1 saturated heterocycles. The average molecular weight is 385 g/mol. The van der Waals surface area contributed by atoms with Crippen LogP contribution in [0.2, 0.25) is 0 Å². The predicted molar refractivity (Wildman–Crippen MR) is 112 cm³/mol. The maximum atomic E-state index is 12.9. The van der Waals surface area contributed by atoms with E-state index in [0.717, 1.165) is 30.7 Å². The number of aryl methyl sites for hydroxylation is 1. The number of piperazine rings is 1. The van der Waals surface area contributed by atoms with Crippen molar-refractivity contribution in [3.05, 3.63) is 35.5 Å². The smallest absolute Gasteiger partial charge is 0.237 e. The Morgan fingerprint density at radius 2 is 2.07 bits per heavy atom. The summed E-state index contributed by atoms with van der Waals surface area (Å²) in [6.45, 7) is 9.27. The Kier molecular flexibility index (Phi) is 6.39. The molecule has 1 fully saturated rings. The minimum Gasteiger partial charge on any atom is -0.357 e. The molecule has 1 atom stereocenters. The van der Waals surface area contributed by atoms with Crippen molar-refractivity contribution in [1.82, 2.24) is 20.1 Å². The second kappa shape index (κ2) is 8.78. The average Bonchev–Trinajstić information content (AvgIpc) is 2.98. The van der Waals surface area contributed by atoms with Gasteiger partial charge in [0, 0.05) is 36.7 Å². The predicted octanol–water partition coefficient (Wildman–Crippen LogP) is 2.67. The number of H-pyrrole nitrogens is 1. The maximum absolute atomic E-state index is 12.9. The molecule has 0 aliphatic carbocycles. The van der Waals surface area contributed by atoms with Crippen LogP contribution in [0.4, 0.5) is 0 Å². The van der Waals surface area contributed by atoms with Crippen LogP contribution in [-0.4, -0.2) is 59.3 Å². The first-order valence-electron chi connectivity index (χ1n) is 10.2. The third-order valence-electron chi connectivity index (χ3n) is 5.69. The summed E-state index contributed by atoms with van der Waals surface area (Å²) in [5.41, 5.74) is 3.30. The van der Waals surface area contributed by atoms with Crippen LogP contribution in [0.5, 0.6) is 0 Å². The zero-order valence-corrected chi connectivity index (χ0v) is 17.4. The molecule has 0 bridgehead atoms. The Morgan fingerprint density at radius 3 is 2.79 bits per heavy atom. The molecule has 28 heavy (non-hydrogen) atoms. The monoisotopic (exact) mass is 384 g/mol. The number of aromatic amines is 1. The summed E-state index contributed by atoms with van der Waals surface area (Å²) in [5, 5.41) is 4.10. The lowest BCUT2D eigenvalue weighted by molar-refractivity contribution is -0.138. The highest BCUT2D eigenvalue weighted by atomic mass is 16.2. The Hall–Kier alpha value is -2.34. The van der Waals surface area contributed by atoms with E-state index < -0.39 is 0 Å². The Balaban J connectivity index is 1.66. The lowest BCUT2D eigenvalue weighted by atomic mass is 10.0. The SMILES string of the molecule is Cc1c(CN(C)C(=O)C[C@@H]2C(=O)NCCN2CCC(C)C)[nH]c2ccccc12. The Bertz CT molecular complexity index is 842. The second-order valence-electron chi connectivity index (χ2n) is 8.25. The van der Waals surface area contributed by atoms with Gasteiger partial charge in [-0.2, -0.15) is 0 Å². The largest absolute Gasteiger partial charge is 0.357 e. The Labute approximate surface area is 167 Å². The molecule has 3 rings (SSSR count). The van der Waals surface area contributed by atoms with Gasteiger partial charge in [-0.3, -0.25) is 14.5 Å². The first-order valence-corrected chi connectivity index (χ1v) is 10.2. The number of rotatable bonds is 7. The van der Waals surface area contributed by atoms with Gasteiger partial charge >= 0.3 is 0 Å². The van der Waals surface area contributed by atoms with Crippen LogP contribution in [0.15, 0.2) is 24.3 Å². The number of nitrogens with zero attached hydrogens (tertiary/aromatic N) is 2. The summed E-state index contributed by atoms with van der Waals surface area (Å²) < 4.78 is 0. The van der Waals surface area contributed by atoms with Gasteiger partial charge in [-0.1, -0.05) is 32.0 Å². The molecule has 152 valence electrons. The van der Waals surface area contributed by atoms with Gasteiger partial charge in [-0.25, -0.2) is 0 Å². The van der Waals surface area contributed by atoms with Crippen LogP contribution in [0, 0.1) is 12.8 Å². The lowest BCUT2D eigenvalue weighted by Gasteiger charge is -2.35. The summed E-state index contributed by atoms with van der Waals surface area (Å²) in [7, 11) is 1.81. The number of benzene rings is 1. The number of carbonyl (C=O) groups excluding carboxylic acids is 2. The summed E-state index contributed by atoms with van der Waals surface area (Å²) in [5.74, 6) is 0.544. The molecule has 6 nitrogen and oxygen atoms in total. The van der Waals surface area contributed by atoms with Gasteiger partial charge in [-0.05, 0) is 37.4 Å². The highest BCUT2D eigenvalue weighted by molar-refractivity contribution is 5.89. The number of para-hydroxylation sites is 1. The van der Waals surface area contributed by atoms with Crippen molar-refractivity contribution < 1.29 is 9.59 Å². The highest BCUT2D eigenvalue weighted by Crippen LogP contribution is 2.22. The van der Waals surface area contributed by atoms with E-state index in [-0.39, 0.29) is 24.3 Å². The van der Waals surface area contributed by atoms with Crippen molar-refractivity contribution in [2.24, 2.45) is 5.92 Å². The molecule has 2 amide bonds. The third kappa shape index (κ3) is 4.55. The van der Waals surface area contributed by atoms with E-state index >= 15 is 0 Å². The zero-order chi connectivity index (χ0) is 20.3. The number of amides is 2. The lowest BCUT2D eigenvalue weighted by Crippen LogP contribution is -2.56. The molecule has 2 N–H and O–H groups in total. The van der Waals surface area contributed by atoms with E-state index in [9.17, 15) is 9.59 Å². The Morgan fingerprint density at radius 1 is 1.32 bits per heavy atom. The van der Waals surface area contributed by atoms with Crippen LogP contribution in [0.25, 0.3) is 10.9 Å². The summed E-state index contributed by atoms with van der Waals surface area (Å²) in [4.78, 5) is 32.6. The standard InChI is InChI=1S/C22H32N4O2/c1-15(2)9-11-26-12-10-23-22(28)20(26)13-21(27)25(4)14-19-16(3)17-7-5-6-8-18(17)24-19/h5-8,15,20,24H,9-14H2,1-4H3,(H,23,28)/t20-/m1/s1. The fourth-order valence-electron chi connectivity index (χ4n) is 3.82. The minimum atomic E-state index is -0.369. The molecule has 0 radical (unpaired) electrons. The molecule has 1 aliphatic rings. The topological polar surface area (TPSA) is 68.4 Å². The van der Waals surface area contributed by atoms with Crippen LogP contribution in [0.3, 0.4) is 0 Å². The van der Waals surface area contributed by atoms with Crippen molar-refractivity contribution in [3.8, 4) is 0 Å². The first kappa shape index (κ1) is 20.4. The summed E-state index contributed by atoms with van der Waals surface area (Å²) >= 11 is 0. The van der Waals surface area contributed by atoms with Gasteiger partial charge < -0.3 is 15.2 Å². The van der Waals surface area contributed by atoms with E-state index in [0.29, 0.717) is 19.0 Å². The van der Waals surface area contributed by atoms with Crippen molar-refractivity contribution in [2.75, 3.05) is 26.7 Å². The fraction of sp³-hybridized carbons (Fsp3) is 0.545.